The van der Waals surface area contributed by atoms with Crippen molar-refractivity contribution in [3.63, 3.8) is 0 Å². The molecule has 4 atom stereocenters. The summed E-state index contributed by atoms with van der Waals surface area (Å²) in [5.74, 6) is 5.12. The Bertz CT molecular complexity index is 1220. The second-order valence-corrected chi connectivity index (χ2v) is 11.0. The van der Waals surface area contributed by atoms with E-state index in [1.54, 1.807) is 43.3 Å². The lowest BCUT2D eigenvalue weighted by Crippen LogP contribution is -2.50. The van der Waals surface area contributed by atoms with Crippen LogP contribution in [-0.2, 0) is 21.2 Å². The Balaban J connectivity index is 1.96. The van der Waals surface area contributed by atoms with Crippen molar-refractivity contribution >= 4 is 15.9 Å². The SMILES string of the molecule is C[C@H](O)C#Cc1ccc2c(c1)O[C@H](CN(C)C(=O)Cc1ccccn1)[C@@H](C)CN([C@H](C)CO)S2(=O)=O. The maximum absolute atomic E-state index is 13.5. The Kier molecular flexibility index (Phi) is 9.08. The molecule has 0 aliphatic carbocycles. The van der Waals surface area contributed by atoms with Crippen molar-refractivity contribution in [2.45, 2.75) is 50.3 Å². The molecular formula is C26H33N3O6S. The van der Waals surface area contributed by atoms with E-state index >= 15 is 0 Å². The highest BCUT2D eigenvalue weighted by Crippen LogP contribution is 2.34. The first-order chi connectivity index (χ1) is 17.0. The van der Waals surface area contributed by atoms with Gasteiger partial charge in [0.25, 0.3) is 0 Å². The van der Waals surface area contributed by atoms with Crippen LogP contribution in [-0.4, -0.2) is 83.7 Å². The molecule has 3 rings (SSSR count). The fourth-order valence-electron chi connectivity index (χ4n) is 3.87. The first-order valence-corrected chi connectivity index (χ1v) is 13.2. The molecule has 0 unspecified atom stereocenters. The maximum Gasteiger partial charge on any atom is 0.247 e. The van der Waals surface area contributed by atoms with Gasteiger partial charge in [-0.3, -0.25) is 9.78 Å². The fourth-order valence-corrected chi connectivity index (χ4v) is 5.70. The van der Waals surface area contributed by atoms with E-state index in [4.69, 9.17) is 4.74 Å². The highest BCUT2D eigenvalue weighted by Gasteiger charge is 2.38. The van der Waals surface area contributed by atoms with Crippen molar-refractivity contribution in [3.05, 3.63) is 53.9 Å². The van der Waals surface area contributed by atoms with Crippen LogP contribution in [0, 0.1) is 17.8 Å². The van der Waals surface area contributed by atoms with Gasteiger partial charge in [0.1, 0.15) is 22.9 Å². The van der Waals surface area contributed by atoms with Crippen LogP contribution in [0.25, 0.3) is 0 Å². The highest BCUT2D eigenvalue weighted by molar-refractivity contribution is 7.89. The van der Waals surface area contributed by atoms with Crippen LogP contribution < -0.4 is 4.74 Å². The van der Waals surface area contributed by atoms with Crippen LogP contribution in [0.2, 0.25) is 0 Å². The van der Waals surface area contributed by atoms with E-state index in [1.807, 2.05) is 13.0 Å². The molecule has 0 fully saturated rings. The third kappa shape index (κ3) is 6.62. The zero-order valence-electron chi connectivity index (χ0n) is 21.0. The number of hydrogen-bond acceptors (Lipinski definition) is 7. The molecule has 0 radical (unpaired) electrons. The smallest absolute Gasteiger partial charge is 0.247 e. The molecule has 2 aromatic rings. The van der Waals surface area contributed by atoms with Crippen LogP contribution in [0.1, 0.15) is 32.0 Å². The van der Waals surface area contributed by atoms with E-state index in [1.165, 1.54) is 23.4 Å². The minimum atomic E-state index is -3.98. The van der Waals surface area contributed by atoms with Crippen molar-refractivity contribution in [2.24, 2.45) is 5.92 Å². The summed E-state index contributed by atoms with van der Waals surface area (Å²) < 4.78 is 34.6. The van der Waals surface area contributed by atoms with E-state index in [0.717, 1.165) is 0 Å². The number of aliphatic hydroxyl groups is 2. The normalized spacial score (nSPS) is 20.9. The maximum atomic E-state index is 13.5. The molecule has 2 N–H and O–H groups in total. The van der Waals surface area contributed by atoms with Crippen molar-refractivity contribution in [3.8, 4) is 17.6 Å². The fraction of sp³-hybridized carbons (Fsp3) is 0.462. The molecule has 36 heavy (non-hydrogen) atoms. The summed E-state index contributed by atoms with van der Waals surface area (Å²) in [6, 6.07) is 9.25. The Morgan fingerprint density at radius 1 is 1.31 bits per heavy atom. The number of sulfonamides is 1. The molecule has 2 heterocycles. The first-order valence-electron chi connectivity index (χ1n) is 11.8. The Hall–Kier alpha value is -2.97. The molecule has 0 saturated heterocycles. The number of carbonyl (C=O) groups is 1. The van der Waals surface area contributed by atoms with Crippen molar-refractivity contribution in [1.29, 1.82) is 0 Å². The summed E-state index contributed by atoms with van der Waals surface area (Å²) in [5, 5.41) is 19.3. The summed E-state index contributed by atoms with van der Waals surface area (Å²) in [5.41, 5.74) is 1.14. The molecule has 1 aliphatic rings. The van der Waals surface area contributed by atoms with Crippen LogP contribution in [0.4, 0.5) is 0 Å². The molecule has 0 saturated carbocycles. The van der Waals surface area contributed by atoms with Gasteiger partial charge >= 0.3 is 0 Å². The summed E-state index contributed by atoms with van der Waals surface area (Å²) in [6.07, 6.45) is 0.389. The van der Waals surface area contributed by atoms with Gasteiger partial charge in [-0.1, -0.05) is 24.8 Å². The Labute approximate surface area is 212 Å². The standard InChI is InChI=1S/C26H33N3O6S/c1-18-15-29(19(2)17-30)36(33,34)25-11-10-21(9-8-20(3)31)13-23(25)35-24(18)16-28(4)26(32)14-22-7-5-6-12-27-22/h5-7,10-13,18-20,24,30-31H,14-17H2,1-4H3/t18-,19+,20-,24+/m0/s1. The second kappa shape index (κ2) is 11.8. The van der Waals surface area contributed by atoms with Crippen LogP contribution in [0.5, 0.6) is 5.75 Å². The molecule has 10 heteroatoms. The average Bonchev–Trinajstić information content (AvgIpc) is 2.84. The van der Waals surface area contributed by atoms with Crippen molar-refractivity contribution in [1.82, 2.24) is 14.2 Å². The Morgan fingerprint density at radius 3 is 2.69 bits per heavy atom. The van der Waals surface area contributed by atoms with Gasteiger partial charge in [0.05, 0.1) is 19.6 Å². The zero-order valence-corrected chi connectivity index (χ0v) is 21.8. The molecule has 1 aromatic heterocycles. The predicted octanol–water partition coefficient (Wildman–Crippen LogP) is 1.28. The quantitative estimate of drug-likeness (QED) is 0.556. The molecular weight excluding hydrogens is 482 g/mol. The molecule has 0 bridgehead atoms. The van der Waals surface area contributed by atoms with Crippen LogP contribution in [0.15, 0.2) is 47.5 Å². The number of aromatic nitrogens is 1. The van der Waals surface area contributed by atoms with Gasteiger partial charge in [0.2, 0.25) is 15.9 Å². The molecule has 1 aromatic carbocycles. The van der Waals surface area contributed by atoms with Crippen LogP contribution in [0.3, 0.4) is 0 Å². The van der Waals surface area contributed by atoms with Gasteiger partial charge in [-0.25, -0.2) is 8.42 Å². The van der Waals surface area contributed by atoms with Gasteiger partial charge in [-0.05, 0) is 44.2 Å². The monoisotopic (exact) mass is 515 g/mol. The van der Waals surface area contributed by atoms with E-state index in [-0.39, 0.29) is 48.6 Å². The topological polar surface area (TPSA) is 120 Å². The number of likely N-dealkylation sites (N-methyl/N-ethyl adjacent to an activating group) is 1. The zero-order chi connectivity index (χ0) is 26.5. The summed E-state index contributed by atoms with van der Waals surface area (Å²) in [6.45, 7) is 5.03. The third-order valence-electron chi connectivity index (χ3n) is 6.03. The van der Waals surface area contributed by atoms with E-state index in [2.05, 4.69) is 16.8 Å². The van der Waals surface area contributed by atoms with Crippen molar-refractivity contribution < 1.29 is 28.2 Å². The van der Waals surface area contributed by atoms with E-state index in [9.17, 15) is 23.4 Å². The summed E-state index contributed by atoms with van der Waals surface area (Å²) in [7, 11) is -2.30. The second-order valence-electron chi connectivity index (χ2n) is 9.12. The lowest BCUT2D eigenvalue weighted by molar-refractivity contribution is -0.130. The molecule has 9 nitrogen and oxygen atoms in total. The number of aliphatic hydroxyl groups excluding tert-OH is 2. The van der Waals surface area contributed by atoms with Gasteiger partial charge in [0, 0.05) is 43.0 Å². The van der Waals surface area contributed by atoms with Crippen molar-refractivity contribution in [2.75, 3.05) is 26.7 Å². The molecule has 0 spiro atoms. The van der Waals surface area contributed by atoms with E-state index in [0.29, 0.717) is 11.3 Å². The first kappa shape index (κ1) is 27.6. The highest BCUT2D eigenvalue weighted by atomic mass is 32.2. The number of benzene rings is 1. The minimum absolute atomic E-state index is 0.0373. The lowest BCUT2D eigenvalue weighted by Gasteiger charge is -2.37. The van der Waals surface area contributed by atoms with E-state index < -0.39 is 28.3 Å². The van der Waals surface area contributed by atoms with Crippen LogP contribution >= 0.6 is 0 Å². The molecule has 194 valence electrons. The third-order valence-corrected chi connectivity index (χ3v) is 8.05. The predicted molar refractivity (Wildman–Crippen MR) is 135 cm³/mol. The number of ether oxygens (including phenoxy) is 1. The largest absolute Gasteiger partial charge is 0.487 e. The summed E-state index contributed by atoms with van der Waals surface area (Å²) in [4.78, 5) is 18.6. The number of rotatable bonds is 6. The molecule has 1 aliphatic heterocycles. The number of pyridine rings is 1. The number of nitrogens with zero attached hydrogens (tertiary/aromatic N) is 3. The number of fused-ring (bicyclic) bond motifs is 1. The number of hydrogen-bond donors (Lipinski definition) is 2. The molecule has 1 amide bonds. The van der Waals surface area contributed by atoms with Gasteiger partial charge in [0.15, 0.2) is 0 Å². The Morgan fingerprint density at radius 2 is 2.06 bits per heavy atom. The lowest BCUT2D eigenvalue weighted by atomic mass is 10.0. The average molecular weight is 516 g/mol. The summed E-state index contributed by atoms with van der Waals surface area (Å²) >= 11 is 0. The van der Waals surface area contributed by atoms with Gasteiger partial charge < -0.3 is 19.8 Å². The van der Waals surface area contributed by atoms with Gasteiger partial charge in [-0.2, -0.15) is 4.31 Å². The number of carbonyl (C=O) groups excluding carboxylic acids is 1. The minimum Gasteiger partial charge on any atom is -0.487 e. The number of amides is 1. The van der Waals surface area contributed by atoms with Gasteiger partial charge in [-0.15, -0.1) is 0 Å².